The minimum atomic E-state index is -0.488. The summed E-state index contributed by atoms with van der Waals surface area (Å²) < 4.78 is 4.70. The van der Waals surface area contributed by atoms with Gasteiger partial charge in [0.2, 0.25) is 5.91 Å². The number of pyridine rings is 1. The van der Waals surface area contributed by atoms with Crippen LogP contribution in [0.3, 0.4) is 0 Å². The maximum Gasteiger partial charge on any atom is 0.339 e. The first-order valence-corrected chi connectivity index (χ1v) is 13.9. The molecule has 5 rings (SSSR count). The van der Waals surface area contributed by atoms with Crippen molar-refractivity contribution in [3.63, 3.8) is 0 Å². The number of anilines is 1. The molecule has 1 spiro atoms. The van der Waals surface area contributed by atoms with Crippen LogP contribution in [-0.4, -0.2) is 84.0 Å². The molecule has 1 aromatic carbocycles. The van der Waals surface area contributed by atoms with E-state index in [1.165, 1.54) is 38.1 Å². The van der Waals surface area contributed by atoms with Crippen LogP contribution in [-0.2, 0) is 15.1 Å². The number of hydrogen-bond acceptors (Lipinski definition) is 6. The Bertz CT molecular complexity index is 1190. The Kier molecular flexibility index (Phi) is 7.62. The van der Waals surface area contributed by atoms with Gasteiger partial charge in [-0.15, -0.1) is 0 Å². The molecule has 2 heterocycles. The van der Waals surface area contributed by atoms with Crippen molar-refractivity contribution in [2.24, 2.45) is 5.92 Å². The maximum atomic E-state index is 13.8. The van der Waals surface area contributed by atoms with E-state index in [0.29, 0.717) is 23.8 Å². The van der Waals surface area contributed by atoms with Crippen molar-refractivity contribution in [3.05, 3.63) is 59.8 Å². The predicted octanol–water partition coefficient (Wildman–Crippen LogP) is 4.11. The number of urea groups is 1. The van der Waals surface area contributed by atoms with E-state index in [1.807, 2.05) is 0 Å². The van der Waals surface area contributed by atoms with Crippen molar-refractivity contribution < 1.29 is 19.1 Å². The van der Waals surface area contributed by atoms with Gasteiger partial charge in [-0.25, -0.2) is 14.6 Å². The van der Waals surface area contributed by atoms with Crippen LogP contribution in [0.25, 0.3) is 0 Å². The summed E-state index contributed by atoms with van der Waals surface area (Å²) in [7, 11) is 5.61. The molecule has 2 aromatic rings. The van der Waals surface area contributed by atoms with Gasteiger partial charge in [0, 0.05) is 24.8 Å². The SMILES string of the molecule is COC(=O)c1ccc(NC(=O)CN2C[C@]3(CC[C@](c4ccccc4)(N(C)C)CC3)N(CC3CCC3)C2=O)nc1. The van der Waals surface area contributed by atoms with Crippen molar-refractivity contribution in [2.45, 2.75) is 56.0 Å². The second-order valence-electron chi connectivity index (χ2n) is 11.5. The summed E-state index contributed by atoms with van der Waals surface area (Å²) in [5, 5.41) is 2.77. The maximum absolute atomic E-state index is 13.8. The van der Waals surface area contributed by atoms with Crippen LogP contribution in [0, 0.1) is 5.92 Å². The van der Waals surface area contributed by atoms with Gasteiger partial charge in [0.15, 0.2) is 0 Å². The quantitative estimate of drug-likeness (QED) is 0.513. The number of rotatable bonds is 8. The van der Waals surface area contributed by atoms with Gasteiger partial charge in [-0.3, -0.25) is 9.69 Å². The summed E-state index contributed by atoms with van der Waals surface area (Å²) in [6.07, 6.45) is 8.62. The van der Waals surface area contributed by atoms with E-state index in [4.69, 9.17) is 4.74 Å². The smallest absolute Gasteiger partial charge is 0.339 e. The average Bonchev–Trinajstić information content (AvgIpc) is 3.16. The van der Waals surface area contributed by atoms with Crippen LogP contribution >= 0.6 is 0 Å². The Balaban J connectivity index is 1.30. The molecule has 1 saturated heterocycles. The number of nitrogens with one attached hydrogen (secondary N) is 1. The minimum absolute atomic E-state index is 0.0281. The molecule has 9 heteroatoms. The molecule has 3 fully saturated rings. The lowest BCUT2D eigenvalue weighted by Gasteiger charge is -2.51. The zero-order valence-corrected chi connectivity index (χ0v) is 23.2. The molecule has 1 aliphatic heterocycles. The number of aromatic nitrogens is 1. The van der Waals surface area contributed by atoms with Crippen LogP contribution in [0.4, 0.5) is 10.6 Å². The van der Waals surface area contributed by atoms with Gasteiger partial charge in [-0.05, 0) is 76.2 Å². The number of ether oxygens (including phenoxy) is 1. The lowest BCUT2D eigenvalue weighted by atomic mass is 9.68. The predicted molar refractivity (Wildman–Crippen MR) is 148 cm³/mol. The number of hydrogen-bond donors (Lipinski definition) is 1. The molecule has 3 amide bonds. The lowest BCUT2D eigenvalue weighted by Crippen LogP contribution is -2.56. The zero-order chi connectivity index (χ0) is 27.6. The molecule has 1 N–H and O–H groups in total. The van der Waals surface area contributed by atoms with Gasteiger partial charge in [-0.1, -0.05) is 36.8 Å². The number of amides is 3. The monoisotopic (exact) mass is 533 g/mol. The highest BCUT2D eigenvalue weighted by Gasteiger charge is 2.55. The largest absolute Gasteiger partial charge is 0.465 e. The summed E-state index contributed by atoms with van der Waals surface area (Å²) >= 11 is 0. The molecule has 9 nitrogen and oxygen atoms in total. The number of carbonyl (C=O) groups excluding carboxylic acids is 3. The standard InChI is InChI=1S/C30H39N5O4/c1-33(2)30(24-10-5-4-6-11-24)16-14-29(15-17-30)21-34(28(38)35(29)19-22-8-7-9-22)20-26(36)32-25-13-12-23(18-31-25)27(37)39-3/h4-6,10-13,18,22H,7-9,14-17,19-21H2,1-3H3,(H,31,32,36)/t29-,30+. The third-order valence-electron chi connectivity index (χ3n) is 9.19. The molecule has 0 radical (unpaired) electrons. The molecule has 0 bridgehead atoms. The van der Waals surface area contributed by atoms with E-state index in [-0.39, 0.29) is 29.6 Å². The van der Waals surface area contributed by atoms with Crippen molar-refractivity contribution in [3.8, 4) is 0 Å². The number of methoxy groups -OCH3 is 1. The second-order valence-corrected chi connectivity index (χ2v) is 11.5. The summed E-state index contributed by atoms with van der Waals surface area (Å²) in [5.41, 5.74) is 1.30. The van der Waals surface area contributed by atoms with Crippen LogP contribution in [0.15, 0.2) is 48.7 Å². The molecule has 39 heavy (non-hydrogen) atoms. The Morgan fingerprint density at radius 3 is 2.36 bits per heavy atom. The summed E-state index contributed by atoms with van der Waals surface area (Å²) in [5.74, 6) is 0.0892. The highest BCUT2D eigenvalue weighted by atomic mass is 16.5. The normalized spacial score (nSPS) is 25.2. The van der Waals surface area contributed by atoms with Crippen molar-refractivity contribution in [1.82, 2.24) is 19.7 Å². The van der Waals surface area contributed by atoms with Crippen molar-refractivity contribution in [2.75, 3.05) is 46.2 Å². The molecule has 1 aromatic heterocycles. The molecular formula is C30H39N5O4. The fourth-order valence-corrected chi connectivity index (χ4v) is 6.57. The lowest BCUT2D eigenvalue weighted by molar-refractivity contribution is -0.116. The number of benzene rings is 1. The molecule has 2 saturated carbocycles. The van der Waals surface area contributed by atoms with E-state index in [2.05, 4.69) is 64.5 Å². The fraction of sp³-hybridized carbons (Fsp3) is 0.533. The number of nitrogens with zero attached hydrogens (tertiary/aromatic N) is 4. The van der Waals surface area contributed by atoms with Crippen LogP contribution in [0.5, 0.6) is 0 Å². The Morgan fingerprint density at radius 1 is 1.08 bits per heavy atom. The van der Waals surface area contributed by atoms with Crippen LogP contribution in [0.1, 0.15) is 60.9 Å². The van der Waals surface area contributed by atoms with Gasteiger partial charge >= 0.3 is 12.0 Å². The molecule has 0 atom stereocenters. The molecule has 208 valence electrons. The Hall–Kier alpha value is -3.46. The molecule has 3 aliphatic rings. The van der Waals surface area contributed by atoms with E-state index < -0.39 is 5.97 Å². The van der Waals surface area contributed by atoms with Gasteiger partial charge in [0.05, 0.1) is 18.2 Å². The average molecular weight is 534 g/mol. The van der Waals surface area contributed by atoms with Gasteiger partial charge in [-0.2, -0.15) is 0 Å². The van der Waals surface area contributed by atoms with Crippen LogP contribution in [0.2, 0.25) is 0 Å². The first kappa shape index (κ1) is 27.1. The third kappa shape index (κ3) is 5.24. The Labute approximate surface area is 230 Å². The number of esters is 1. The number of carbonyl (C=O) groups is 3. The van der Waals surface area contributed by atoms with Gasteiger partial charge < -0.3 is 19.9 Å². The topological polar surface area (TPSA) is 95.1 Å². The molecule has 2 aliphatic carbocycles. The third-order valence-corrected chi connectivity index (χ3v) is 9.19. The highest BCUT2D eigenvalue weighted by molar-refractivity contribution is 5.95. The van der Waals surface area contributed by atoms with E-state index in [1.54, 1.807) is 17.0 Å². The van der Waals surface area contributed by atoms with Crippen molar-refractivity contribution in [1.29, 1.82) is 0 Å². The molecule has 0 unspecified atom stereocenters. The highest BCUT2D eigenvalue weighted by Crippen LogP contribution is 2.49. The second kappa shape index (κ2) is 11.0. The summed E-state index contributed by atoms with van der Waals surface area (Å²) in [4.78, 5) is 48.7. The van der Waals surface area contributed by atoms with Crippen LogP contribution < -0.4 is 5.32 Å². The fourth-order valence-electron chi connectivity index (χ4n) is 6.57. The first-order valence-electron chi connectivity index (χ1n) is 13.9. The van der Waals surface area contributed by atoms with E-state index in [9.17, 15) is 14.4 Å². The summed E-state index contributed by atoms with van der Waals surface area (Å²) in [6, 6.07) is 13.8. The van der Waals surface area contributed by atoms with Gasteiger partial charge in [0.25, 0.3) is 0 Å². The zero-order valence-electron chi connectivity index (χ0n) is 23.2. The Morgan fingerprint density at radius 2 is 1.79 bits per heavy atom. The minimum Gasteiger partial charge on any atom is -0.465 e. The van der Waals surface area contributed by atoms with E-state index in [0.717, 1.165) is 32.2 Å². The van der Waals surface area contributed by atoms with Crippen molar-refractivity contribution >= 4 is 23.7 Å². The van der Waals surface area contributed by atoms with Gasteiger partial charge in [0.1, 0.15) is 12.4 Å². The summed E-state index contributed by atoms with van der Waals surface area (Å²) in [6.45, 7) is 1.30. The molecular weight excluding hydrogens is 494 g/mol. The van der Waals surface area contributed by atoms with E-state index >= 15 is 0 Å². The first-order chi connectivity index (χ1) is 18.8.